The molecule has 0 spiro atoms. The van der Waals surface area contributed by atoms with Crippen molar-refractivity contribution in [1.29, 1.82) is 0 Å². The smallest absolute Gasteiger partial charge is 0.243 e. The third kappa shape index (κ3) is 8.82. The van der Waals surface area contributed by atoms with Gasteiger partial charge in [-0.2, -0.15) is 0 Å². The summed E-state index contributed by atoms with van der Waals surface area (Å²) < 4.78 is 5.80. The number of guanidine groups is 1. The average molecular weight is 509 g/mol. The second-order valence-electron chi connectivity index (χ2n) is 8.54. The van der Waals surface area contributed by atoms with E-state index in [1.807, 2.05) is 0 Å². The van der Waals surface area contributed by atoms with Gasteiger partial charge in [0.25, 0.3) is 0 Å². The molecule has 2 aliphatic heterocycles. The van der Waals surface area contributed by atoms with Gasteiger partial charge in [0, 0.05) is 39.3 Å². The van der Waals surface area contributed by atoms with Crippen molar-refractivity contribution in [2.75, 3.05) is 53.4 Å². The van der Waals surface area contributed by atoms with Gasteiger partial charge in [-0.1, -0.05) is 6.42 Å². The fraction of sp³-hybridized carbons (Fsp3) is 0.900. The quantitative estimate of drug-likeness (QED) is 0.313. The van der Waals surface area contributed by atoms with Crippen LogP contribution in [0, 0.1) is 0 Å². The molecule has 0 aromatic carbocycles. The summed E-state index contributed by atoms with van der Waals surface area (Å²) in [5.74, 6) is 0.699. The maximum Gasteiger partial charge on any atom is 0.243 e. The lowest BCUT2D eigenvalue weighted by molar-refractivity contribution is -0.127. The number of nitrogens with one attached hydrogen (secondary N) is 2. The largest absolute Gasteiger partial charge is 0.376 e. The summed E-state index contributed by atoms with van der Waals surface area (Å²) in [6, 6.07) is 0. The molecule has 0 radical (unpaired) electrons. The lowest BCUT2D eigenvalue weighted by atomic mass is 9.98. The van der Waals surface area contributed by atoms with E-state index in [-0.39, 0.29) is 48.1 Å². The first-order valence-corrected chi connectivity index (χ1v) is 10.5. The predicted molar refractivity (Wildman–Crippen MR) is 126 cm³/mol. The van der Waals surface area contributed by atoms with Crippen molar-refractivity contribution in [1.82, 2.24) is 20.4 Å². The normalized spacial score (nSPS) is 21.6. The maximum atomic E-state index is 11.9. The molecule has 2 saturated heterocycles. The molecule has 2 fully saturated rings. The number of piperidine rings is 1. The number of likely N-dealkylation sites (tertiary alicyclic amines) is 1. The van der Waals surface area contributed by atoms with Crippen molar-refractivity contribution in [3.8, 4) is 0 Å². The molecule has 7 nitrogen and oxygen atoms in total. The van der Waals surface area contributed by atoms with Gasteiger partial charge in [0.1, 0.15) is 6.54 Å². The first kappa shape index (κ1) is 25.4. The SMILES string of the molecule is CN(C)C(=O)CN=C(NCC1CCCCO1)NCC(C)(C)N1CCCCC1.I. The second kappa shape index (κ2) is 12.8. The maximum absolute atomic E-state index is 11.9. The highest BCUT2D eigenvalue weighted by molar-refractivity contribution is 14.0. The van der Waals surface area contributed by atoms with Crippen LogP contribution in [0.25, 0.3) is 0 Å². The standard InChI is InChI=1S/C20H39N5O2.HI/c1-20(2,25-11-7-5-8-12-25)16-23-19(22-15-18(26)24(3)4)21-14-17-10-6-9-13-27-17;/h17H,5-16H2,1-4H3,(H2,21,22,23);1H. The van der Waals surface area contributed by atoms with E-state index in [0.717, 1.165) is 45.6 Å². The van der Waals surface area contributed by atoms with Crippen LogP contribution in [-0.4, -0.2) is 86.7 Å². The molecule has 0 aromatic heterocycles. The van der Waals surface area contributed by atoms with E-state index in [4.69, 9.17) is 4.74 Å². The van der Waals surface area contributed by atoms with E-state index in [1.54, 1.807) is 19.0 Å². The van der Waals surface area contributed by atoms with Crippen molar-refractivity contribution in [3.63, 3.8) is 0 Å². The van der Waals surface area contributed by atoms with E-state index < -0.39 is 0 Å². The molecule has 2 aliphatic rings. The highest BCUT2D eigenvalue weighted by atomic mass is 127. The van der Waals surface area contributed by atoms with Gasteiger partial charge >= 0.3 is 0 Å². The number of carbonyl (C=O) groups excluding carboxylic acids is 1. The lowest BCUT2D eigenvalue weighted by Crippen LogP contribution is -2.55. The topological polar surface area (TPSA) is 69.2 Å². The van der Waals surface area contributed by atoms with Crippen LogP contribution < -0.4 is 10.6 Å². The van der Waals surface area contributed by atoms with Crippen LogP contribution in [0.5, 0.6) is 0 Å². The summed E-state index contributed by atoms with van der Waals surface area (Å²) in [6.45, 7) is 9.38. The summed E-state index contributed by atoms with van der Waals surface area (Å²) in [6.07, 6.45) is 7.56. The van der Waals surface area contributed by atoms with Crippen LogP contribution in [0.15, 0.2) is 4.99 Å². The number of ether oxygens (including phenoxy) is 1. The third-order valence-electron chi connectivity index (χ3n) is 5.54. The van der Waals surface area contributed by atoms with Crippen molar-refractivity contribution in [2.24, 2.45) is 4.99 Å². The van der Waals surface area contributed by atoms with Gasteiger partial charge in [0.15, 0.2) is 5.96 Å². The zero-order chi connectivity index (χ0) is 19.7. The van der Waals surface area contributed by atoms with Crippen LogP contribution in [0.3, 0.4) is 0 Å². The van der Waals surface area contributed by atoms with Crippen molar-refractivity contribution in [2.45, 2.75) is 64.0 Å². The zero-order valence-electron chi connectivity index (χ0n) is 18.1. The summed E-state index contributed by atoms with van der Waals surface area (Å²) in [4.78, 5) is 20.6. The van der Waals surface area contributed by atoms with Crippen LogP contribution in [0.2, 0.25) is 0 Å². The third-order valence-corrected chi connectivity index (χ3v) is 5.54. The minimum atomic E-state index is 0. The van der Waals surface area contributed by atoms with Crippen LogP contribution in [0.4, 0.5) is 0 Å². The zero-order valence-corrected chi connectivity index (χ0v) is 20.5. The molecule has 0 saturated carbocycles. The molecule has 1 amide bonds. The Balaban J connectivity index is 0.00000392. The molecule has 2 heterocycles. The number of hydrogen-bond donors (Lipinski definition) is 2. The minimum absolute atomic E-state index is 0. The number of nitrogens with zero attached hydrogens (tertiary/aromatic N) is 3. The molecule has 0 aliphatic carbocycles. The van der Waals surface area contributed by atoms with E-state index in [1.165, 1.54) is 25.7 Å². The Kier molecular flexibility index (Phi) is 11.7. The Labute approximate surface area is 188 Å². The molecular formula is C20H40IN5O2. The number of aliphatic imine (C=N–C) groups is 1. The van der Waals surface area contributed by atoms with Gasteiger partial charge in [-0.25, -0.2) is 4.99 Å². The molecule has 8 heteroatoms. The first-order chi connectivity index (χ1) is 12.9. The number of hydrogen-bond acceptors (Lipinski definition) is 4. The van der Waals surface area contributed by atoms with Gasteiger partial charge in [0.2, 0.25) is 5.91 Å². The van der Waals surface area contributed by atoms with E-state index >= 15 is 0 Å². The molecule has 2 rings (SSSR count). The van der Waals surface area contributed by atoms with Gasteiger partial charge < -0.3 is 20.3 Å². The van der Waals surface area contributed by atoms with Crippen LogP contribution in [0.1, 0.15) is 52.4 Å². The van der Waals surface area contributed by atoms with Gasteiger partial charge in [-0.3, -0.25) is 9.69 Å². The monoisotopic (exact) mass is 509 g/mol. The number of halogens is 1. The van der Waals surface area contributed by atoms with Crippen molar-refractivity contribution < 1.29 is 9.53 Å². The molecule has 0 aromatic rings. The Morgan fingerprint density at radius 2 is 1.86 bits per heavy atom. The Morgan fingerprint density at radius 3 is 2.46 bits per heavy atom. The lowest BCUT2D eigenvalue weighted by Gasteiger charge is -2.41. The summed E-state index contributed by atoms with van der Waals surface area (Å²) in [7, 11) is 3.52. The highest BCUT2D eigenvalue weighted by Crippen LogP contribution is 2.19. The Bertz CT molecular complexity index is 487. The van der Waals surface area contributed by atoms with Gasteiger partial charge in [0.05, 0.1) is 6.10 Å². The molecular weight excluding hydrogens is 469 g/mol. The minimum Gasteiger partial charge on any atom is -0.376 e. The van der Waals surface area contributed by atoms with E-state index in [9.17, 15) is 4.79 Å². The number of rotatable bonds is 7. The fourth-order valence-corrected chi connectivity index (χ4v) is 3.55. The molecule has 28 heavy (non-hydrogen) atoms. The van der Waals surface area contributed by atoms with Crippen LogP contribution >= 0.6 is 24.0 Å². The molecule has 2 N–H and O–H groups in total. The number of carbonyl (C=O) groups is 1. The Morgan fingerprint density at radius 1 is 1.14 bits per heavy atom. The summed E-state index contributed by atoms with van der Waals surface area (Å²) >= 11 is 0. The fourth-order valence-electron chi connectivity index (χ4n) is 3.55. The first-order valence-electron chi connectivity index (χ1n) is 10.5. The predicted octanol–water partition coefficient (Wildman–Crippen LogP) is 2.06. The molecule has 164 valence electrons. The van der Waals surface area contributed by atoms with Crippen molar-refractivity contribution >= 4 is 35.8 Å². The van der Waals surface area contributed by atoms with E-state index in [2.05, 4.69) is 34.4 Å². The average Bonchev–Trinajstić information content (AvgIpc) is 2.68. The summed E-state index contributed by atoms with van der Waals surface area (Å²) in [5.41, 5.74) is 0.0514. The Hall–Kier alpha value is -0.610. The van der Waals surface area contributed by atoms with Crippen LogP contribution in [-0.2, 0) is 9.53 Å². The van der Waals surface area contributed by atoms with Gasteiger partial charge in [-0.15, -0.1) is 24.0 Å². The highest BCUT2D eigenvalue weighted by Gasteiger charge is 2.28. The van der Waals surface area contributed by atoms with Gasteiger partial charge in [-0.05, 0) is 59.0 Å². The molecule has 0 bridgehead atoms. The number of amides is 1. The number of likely N-dealkylation sites (N-methyl/N-ethyl adjacent to an activating group) is 1. The van der Waals surface area contributed by atoms with E-state index in [0.29, 0.717) is 5.96 Å². The second-order valence-corrected chi connectivity index (χ2v) is 8.54. The van der Waals surface area contributed by atoms with Crippen molar-refractivity contribution in [3.05, 3.63) is 0 Å². The molecule has 1 atom stereocenters. The summed E-state index contributed by atoms with van der Waals surface area (Å²) in [5, 5.41) is 6.85. The molecule has 1 unspecified atom stereocenters.